The maximum Gasteiger partial charge on any atom is 0.168 e. The summed E-state index contributed by atoms with van der Waals surface area (Å²) in [4.78, 5) is 13.1. The minimum absolute atomic E-state index is 0.0770. The summed E-state index contributed by atoms with van der Waals surface area (Å²) in [6, 6.07) is 15.2. The van der Waals surface area contributed by atoms with Gasteiger partial charge in [-0.1, -0.05) is 18.6 Å². The van der Waals surface area contributed by atoms with Crippen molar-refractivity contribution >= 4 is 5.78 Å². The average Bonchev–Trinajstić information content (AvgIpc) is 3.20. The van der Waals surface area contributed by atoms with Crippen molar-refractivity contribution in [2.75, 3.05) is 20.8 Å². The molecule has 1 aliphatic heterocycles. The third kappa shape index (κ3) is 4.52. The minimum Gasteiger partial charge on any atom is -0.497 e. The summed E-state index contributed by atoms with van der Waals surface area (Å²) >= 11 is 0. The maximum atomic E-state index is 13.1. The van der Waals surface area contributed by atoms with Crippen molar-refractivity contribution in [3.8, 4) is 11.5 Å². The lowest BCUT2D eigenvalue weighted by Gasteiger charge is -2.33. The summed E-state index contributed by atoms with van der Waals surface area (Å²) in [7, 11) is 3.27. The minimum atomic E-state index is -0.462. The average molecular weight is 411 g/mol. The Morgan fingerprint density at radius 1 is 0.967 bits per heavy atom. The highest BCUT2D eigenvalue weighted by Gasteiger charge is 2.45. The molecule has 1 saturated heterocycles. The van der Waals surface area contributed by atoms with Crippen molar-refractivity contribution in [3.63, 3.8) is 0 Å². The smallest absolute Gasteiger partial charge is 0.168 e. The number of carbonyl (C=O) groups excluding carboxylic acids is 1. The maximum absolute atomic E-state index is 13.1. The SMILES string of the molecule is COc1ccc(C(=O)C[C@@H](c2ccc(OC)cc2)[C@@H]2COC3(CCCCC3)O2)cc1. The first kappa shape index (κ1) is 20.9. The first-order chi connectivity index (χ1) is 14.6. The van der Waals surface area contributed by atoms with Gasteiger partial charge in [-0.2, -0.15) is 0 Å². The molecule has 0 bridgehead atoms. The van der Waals surface area contributed by atoms with E-state index in [4.69, 9.17) is 18.9 Å². The lowest BCUT2D eigenvalue weighted by Crippen LogP contribution is -2.34. The van der Waals surface area contributed by atoms with Gasteiger partial charge in [0.1, 0.15) is 11.5 Å². The molecule has 1 heterocycles. The Morgan fingerprint density at radius 2 is 1.57 bits per heavy atom. The van der Waals surface area contributed by atoms with E-state index < -0.39 is 5.79 Å². The summed E-state index contributed by atoms with van der Waals surface area (Å²) in [5.74, 6) is 1.09. The lowest BCUT2D eigenvalue weighted by molar-refractivity contribution is -0.188. The van der Waals surface area contributed by atoms with Gasteiger partial charge in [-0.3, -0.25) is 4.79 Å². The van der Waals surface area contributed by atoms with Crippen LogP contribution >= 0.6 is 0 Å². The second-order valence-corrected chi connectivity index (χ2v) is 8.17. The Morgan fingerprint density at radius 3 is 2.17 bits per heavy atom. The Hall–Kier alpha value is -2.37. The quantitative estimate of drug-likeness (QED) is 0.592. The number of ether oxygens (including phenoxy) is 4. The van der Waals surface area contributed by atoms with Crippen LogP contribution in [0.15, 0.2) is 48.5 Å². The Balaban J connectivity index is 1.55. The summed E-state index contributed by atoms with van der Waals surface area (Å²) < 4.78 is 23.2. The van der Waals surface area contributed by atoms with Crippen molar-refractivity contribution in [1.82, 2.24) is 0 Å². The van der Waals surface area contributed by atoms with Crippen LogP contribution in [-0.2, 0) is 9.47 Å². The highest BCUT2D eigenvalue weighted by atomic mass is 16.7. The lowest BCUT2D eigenvalue weighted by atomic mass is 9.87. The van der Waals surface area contributed by atoms with Gasteiger partial charge in [-0.15, -0.1) is 0 Å². The third-order valence-electron chi connectivity index (χ3n) is 6.30. The summed E-state index contributed by atoms with van der Waals surface area (Å²) in [5, 5.41) is 0. The van der Waals surface area contributed by atoms with E-state index in [0.29, 0.717) is 18.6 Å². The second kappa shape index (κ2) is 9.19. The molecule has 30 heavy (non-hydrogen) atoms. The monoisotopic (exact) mass is 410 g/mol. The van der Waals surface area contributed by atoms with Crippen LogP contribution in [-0.4, -0.2) is 38.5 Å². The molecule has 1 spiro atoms. The third-order valence-corrected chi connectivity index (χ3v) is 6.30. The molecule has 0 N–H and O–H groups in total. The number of carbonyl (C=O) groups is 1. The fraction of sp³-hybridized carbons (Fsp3) is 0.480. The second-order valence-electron chi connectivity index (χ2n) is 8.17. The van der Waals surface area contributed by atoms with Crippen molar-refractivity contribution < 1.29 is 23.7 Å². The van der Waals surface area contributed by atoms with E-state index in [1.165, 1.54) is 6.42 Å². The molecule has 2 aliphatic rings. The molecule has 0 radical (unpaired) electrons. The highest BCUT2D eigenvalue weighted by Crippen LogP contribution is 2.42. The van der Waals surface area contributed by atoms with E-state index in [9.17, 15) is 4.79 Å². The van der Waals surface area contributed by atoms with Crippen LogP contribution in [0.4, 0.5) is 0 Å². The van der Waals surface area contributed by atoms with E-state index in [2.05, 4.69) is 0 Å². The van der Waals surface area contributed by atoms with Crippen LogP contribution in [0.25, 0.3) is 0 Å². The van der Waals surface area contributed by atoms with Gasteiger partial charge >= 0.3 is 0 Å². The van der Waals surface area contributed by atoms with Gasteiger partial charge in [0.05, 0.1) is 26.9 Å². The Labute approximate surface area is 178 Å². The molecule has 160 valence electrons. The van der Waals surface area contributed by atoms with Gasteiger partial charge in [-0.05, 0) is 54.8 Å². The van der Waals surface area contributed by atoms with Crippen LogP contribution in [0.1, 0.15) is 60.4 Å². The zero-order valence-corrected chi connectivity index (χ0v) is 17.8. The molecule has 2 atom stereocenters. The molecule has 0 amide bonds. The fourth-order valence-electron chi connectivity index (χ4n) is 4.54. The van der Waals surface area contributed by atoms with E-state index in [-0.39, 0.29) is 17.8 Å². The molecule has 0 unspecified atom stereocenters. The number of rotatable bonds is 7. The van der Waals surface area contributed by atoms with Gasteiger partial charge in [0.25, 0.3) is 0 Å². The van der Waals surface area contributed by atoms with Gasteiger partial charge in [-0.25, -0.2) is 0 Å². The normalized spacial score (nSPS) is 21.3. The number of Topliss-reactive ketones (excluding diaryl/α,β-unsaturated/α-hetero) is 1. The van der Waals surface area contributed by atoms with E-state index in [1.807, 2.05) is 48.5 Å². The van der Waals surface area contributed by atoms with Crippen molar-refractivity contribution in [3.05, 3.63) is 59.7 Å². The zero-order valence-electron chi connectivity index (χ0n) is 17.8. The van der Waals surface area contributed by atoms with E-state index in [1.54, 1.807) is 14.2 Å². The van der Waals surface area contributed by atoms with Crippen LogP contribution in [0.2, 0.25) is 0 Å². The standard InChI is InChI=1S/C25H30O5/c1-27-20-10-6-18(7-11-20)22(16-23(26)19-8-12-21(28-2)13-9-19)24-17-29-25(30-24)14-4-3-5-15-25/h6-13,22,24H,3-5,14-17H2,1-2H3/t22-,24-/m0/s1. The van der Waals surface area contributed by atoms with E-state index >= 15 is 0 Å². The van der Waals surface area contributed by atoms with Gasteiger partial charge in [0.15, 0.2) is 11.6 Å². The van der Waals surface area contributed by atoms with Crippen LogP contribution < -0.4 is 9.47 Å². The van der Waals surface area contributed by atoms with Crippen molar-refractivity contribution in [2.45, 2.75) is 56.3 Å². The molecule has 1 saturated carbocycles. The molecule has 0 aromatic heterocycles. The number of methoxy groups -OCH3 is 2. The molecular formula is C25H30O5. The summed E-state index contributed by atoms with van der Waals surface area (Å²) in [6.07, 6.45) is 5.59. The van der Waals surface area contributed by atoms with Gasteiger partial charge in [0.2, 0.25) is 0 Å². The molecule has 4 rings (SSSR count). The van der Waals surface area contributed by atoms with Crippen molar-refractivity contribution in [2.24, 2.45) is 0 Å². The Bertz CT molecular complexity index is 837. The number of benzene rings is 2. The van der Waals surface area contributed by atoms with E-state index in [0.717, 1.165) is 42.7 Å². The zero-order chi connectivity index (χ0) is 21.0. The topological polar surface area (TPSA) is 54.0 Å². The number of hydrogen-bond acceptors (Lipinski definition) is 5. The molecule has 5 nitrogen and oxygen atoms in total. The first-order valence-electron chi connectivity index (χ1n) is 10.8. The molecule has 2 aromatic rings. The number of ketones is 1. The molecular weight excluding hydrogens is 380 g/mol. The predicted molar refractivity (Wildman–Crippen MR) is 114 cm³/mol. The molecule has 2 aromatic carbocycles. The fourth-order valence-corrected chi connectivity index (χ4v) is 4.54. The summed E-state index contributed by atoms with van der Waals surface area (Å²) in [5.41, 5.74) is 1.75. The van der Waals surface area contributed by atoms with Gasteiger partial charge in [0, 0.05) is 30.7 Å². The molecule has 1 aliphatic carbocycles. The highest BCUT2D eigenvalue weighted by molar-refractivity contribution is 5.96. The predicted octanol–water partition coefficient (Wildman–Crippen LogP) is 5.14. The van der Waals surface area contributed by atoms with Crippen LogP contribution in [0.3, 0.4) is 0 Å². The molecule has 2 fully saturated rings. The summed E-state index contributed by atoms with van der Waals surface area (Å²) in [6.45, 7) is 0.520. The number of hydrogen-bond donors (Lipinski definition) is 0. The Kier molecular flexibility index (Phi) is 6.40. The van der Waals surface area contributed by atoms with Crippen molar-refractivity contribution in [1.29, 1.82) is 0 Å². The first-order valence-corrected chi connectivity index (χ1v) is 10.8. The van der Waals surface area contributed by atoms with Crippen LogP contribution in [0, 0.1) is 0 Å². The van der Waals surface area contributed by atoms with Crippen LogP contribution in [0.5, 0.6) is 11.5 Å². The molecule has 5 heteroatoms. The largest absolute Gasteiger partial charge is 0.497 e. The van der Waals surface area contributed by atoms with Gasteiger partial charge < -0.3 is 18.9 Å².